The van der Waals surface area contributed by atoms with Crippen molar-refractivity contribution in [3.8, 4) is 5.75 Å². The highest BCUT2D eigenvalue weighted by molar-refractivity contribution is 7.22. The van der Waals surface area contributed by atoms with Crippen LogP contribution in [-0.4, -0.2) is 34.8 Å². The van der Waals surface area contributed by atoms with E-state index in [1.165, 1.54) is 21.8 Å². The minimum atomic E-state index is -0.148. The van der Waals surface area contributed by atoms with Gasteiger partial charge >= 0.3 is 0 Å². The summed E-state index contributed by atoms with van der Waals surface area (Å²) in [4.78, 5) is 35.9. The van der Waals surface area contributed by atoms with Crippen molar-refractivity contribution >= 4 is 55.5 Å². The van der Waals surface area contributed by atoms with Gasteiger partial charge in [-0.2, -0.15) is 0 Å². The quantitative estimate of drug-likeness (QED) is 0.328. The number of benzene rings is 2. The van der Waals surface area contributed by atoms with Crippen molar-refractivity contribution in [1.29, 1.82) is 0 Å². The number of aromatic nitrogens is 1. The molecule has 5 rings (SSSR count). The van der Waals surface area contributed by atoms with Crippen LogP contribution in [0.4, 0.5) is 10.8 Å². The first-order chi connectivity index (χ1) is 16.6. The third kappa shape index (κ3) is 4.69. The van der Waals surface area contributed by atoms with Crippen LogP contribution in [0, 0.1) is 0 Å². The summed E-state index contributed by atoms with van der Waals surface area (Å²) >= 11 is 3.22. The molecule has 3 heterocycles. The van der Waals surface area contributed by atoms with E-state index in [0.29, 0.717) is 30.5 Å². The molecule has 0 saturated carbocycles. The molecule has 0 aliphatic carbocycles. The molecule has 0 bridgehead atoms. The van der Waals surface area contributed by atoms with Gasteiger partial charge in [-0.15, -0.1) is 11.3 Å². The molecule has 0 N–H and O–H groups in total. The zero-order chi connectivity index (χ0) is 23.5. The van der Waals surface area contributed by atoms with Crippen LogP contribution in [0.25, 0.3) is 10.2 Å². The second-order valence-electron chi connectivity index (χ2n) is 8.05. The molecule has 8 heteroatoms. The highest BCUT2D eigenvalue weighted by atomic mass is 32.1. The molecule has 0 radical (unpaired) electrons. The normalized spacial score (nSPS) is 13.0. The minimum Gasteiger partial charge on any atom is -0.494 e. The van der Waals surface area contributed by atoms with Gasteiger partial charge in [0.05, 0.1) is 22.5 Å². The van der Waals surface area contributed by atoms with Gasteiger partial charge in [0, 0.05) is 30.8 Å². The summed E-state index contributed by atoms with van der Waals surface area (Å²) in [7, 11) is 0. The Morgan fingerprint density at radius 2 is 1.91 bits per heavy atom. The van der Waals surface area contributed by atoms with Crippen LogP contribution in [-0.2, 0) is 22.6 Å². The van der Waals surface area contributed by atoms with E-state index >= 15 is 0 Å². The molecular formula is C26H25N3O3S2. The van der Waals surface area contributed by atoms with Gasteiger partial charge in [-0.3, -0.25) is 14.5 Å². The van der Waals surface area contributed by atoms with Gasteiger partial charge in [-0.25, -0.2) is 4.98 Å². The molecule has 2 aromatic heterocycles. The lowest BCUT2D eigenvalue weighted by Crippen LogP contribution is -2.36. The second kappa shape index (κ2) is 9.95. The van der Waals surface area contributed by atoms with Gasteiger partial charge < -0.3 is 9.64 Å². The lowest BCUT2D eigenvalue weighted by Gasteiger charge is -2.27. The van der Waals surface area contributed by atoms with Crippen molar-refractivity contribution in [2.45, 2.75) is 32.7 Å². The number of rotatable bonds is 7. The van der Waals surface area contributed by atoms with E-state index in [0.717, 1.165) is 22.4 Å². The summed E-state index contributed by atoms with van der Waals surface area (Å²) in [5, 5.41) is 2.68. The zero-order valence-corrected chi connectivity index (χ0v) is 20.5. The summed E-state index contributed by atoms with van der Waals surface area (Å²) < 4.78 is 6.57. The predicted molar refractivity (Wildman–Crippen MR) is 137 cm³/mol. The van der Waals surface area contributed by atoms with E-state index in [4.69, 9.17) is 9.72 Å². The van der Waals surface area contributed by atoms with Crippen molar-refractivity contribution in [2.75, 3.05) is 18.1 Å². The van der Waals surface area contributed by atoms with Crippen molar-refractivity contribution in [2.24, 2.45) is 0 Å². The molecule has 1 aliphatic rings. The van der Waals surface area contributed by atoms with Crippen LogP contribution in [0.15, 0.2) is 60.0 Å². The number of hydrogen-bond donors (Lipinski definition) is 0. The number of carbonyl (C=O) groups excluding carboxylic acids is 2. The summed E-state index contributed by atoms with van der Waals surface area (Å²) in [6.07, 6.45) is 1.18. The van der Waals surface area contributed by atoms with Gasteiger partial charge in [0.2, 0.25) is 11.8 Å². The number of thiophene rings is 1. The standard InChI is InChI=1S/C26H25N3O3S2/c1-2-32-20-9-7-19(8-10-20)29(26-27-21-5-3-4-6-23(21)34-26)25(31)12-11-24(30)28-15-13-22-18(17-28)14-16-33-22/h3-10,14,16H,2,11-13,15,17H2,1H3. The fraction of sp³-hybridized carbons (Fsp3) is 0.269. The molecule has 34 heavy (non-hydrogen) atoms. The molecule has 6 nitrogen and oxygen atoms in total. The van der Waals surface area contributed by atoms with Crippen molar-refractivity contribution in [1.82, 2.24) is 9.88 Å². The fourth-order valence-corrected chi connectivity index (χ4v) is 6.01. The monoisotopic (exact) mass is 491 g/mol. The van der Waals surface area contributed by atoms with E-state index in [2.05, 4.69) is 11.4 Å². The van der Waals surface area contributed by atoms with E-state index in [1.807, 2.05) is 60.4 Å². The maximum absolute atomic E-state index is 13.5. The number of fused-ring (bicyclic) bond motifs is 2. The van der Waals surface area contributed by atoms with Gasteiger partial charge in [-0.1, -0.05) is 23.5 Å². The molecule has 2 amide bonds. The van der Waals surface area contributed by atoms with E-state index < -0.39 is 0 Å². The van der Waals surface area contributed by atoms with Crippen LogP contribution in [0.5, 0.6) is 5.75 Å². The summed E-state index contributed by atoms with van der Waals surface area (Å²) in [5.41, 5.74) is 2.78. The summed E-state index contributed by atoms with van der Waals surface area (Å²) in [6, 6.07) is 17.3. The number of carbonyl (C=O) groups is 2. The highest BCUT2D eigenvalue weighted by Crippen LogP contribution is 2.35. The number of nitrogens with zero attached hydrogens (tertiary/aromatic N) is 3. The first-order valence-corrected chi connectivity index (χ1v) is 13.1. The Balaban J connectivity index is 1.35. The van der Waals surface area contributed by atoms with Gasteiger partial charge in [0.1, 0.15) is 5.75 Å². The van der Waals surface area contributed by atoms with Crippen LogP contribution >= 0.6 is 22.7 Å². The van der Waals surface area contributed by atoms with Crippen molar-refractivity contribution in [3.63, 3.8) is 0 Å². The molecule has 0 fully saturated rings. The Kier molecular flexibility index (Phi) is 6.60. The number of amides is 2. The van der Waals surface area contributed by atoms with Gasteiger partial charge in [-0.05, 0) is 66.8 Å². The lowest BCUT2D eigenvalue weighted by atomic mass is 10.1. The largest absolute Gasteiger partial charge is 0.494 e. The van der Waals surface area contributed by atoms with E-state index in [-0.39, 0.29) is 24.7 Å². The fourth-order valence-electron chi connectivity index (χ4n) is 4.12. The average molecular weight is 492 g/mol. The SMILES string of the molecule is CCOc1ccc(N(C(=O)CCC(=O)N2CCc3sccc3C2)c2nc3ccccc3s2)cc1. The predicted octanol–water partition coefficient (Wildman–Crippen LogP) is 5.79. The van der Waals surface area contributed by atoms with Crippen LogP contribution in [0.1, 0.15) is 30.2 Å². The third-order valence-corrected chi connectivity index (χ3v) is 7.89. The maximum Gasteiger partial charge on any atom is 0.233 e. The molecule has 0 spiro atoms. The number of thiazole rings is 1. The molecule has 0 saturated heterocycles. The first-order valence-electron chi connectivity index (χ1n) is 11.4. The second-order valence-corrected chi connectivity index (χ2v) is 10.1. The molecule has 0 atom stereocenters. The number of para-hydroxylation sites is 1. The maximum atomic E-state index is 13.5. The molecule has 174 valence electrons. The Labute approximate surface area is 206 Å². The molecule has 4 aromatic rings. The Bertz CT molecular complexity index is 1280. The Hall–Kier alpha value is -3.23. The van der Waals surface area contributed by atoms with E-state index in [9.17, 15) is 9.59 Å². The third-order valence-electron chi connectivity index (χ3n) is 5.84. The smallest absolute Gasteiger partial charge is 0.233 e. The number of hydrogen-bond acceptors (Lipinski definition) is 6. The summed E-state index contributed by atoms with van der Waals surface area (Å²) in [6.45, 7) is 3.85. The number of ether oxygens (including phenoxy) is 1. The van der Waals surface area contributed by atoms with Crippen molar-refractivity contribution < 1.29 is 14.3 Å². The molecule has 1 aliphatic heterocycles. The van der Waals surface area contributed by atoms with Gasteiger partial charge in [0.15, 0.2) is 5.13 Å². The topological polar surface area (TPSA) is 62.7 Å². The average Bonchev–Trinajstić information content (AvgIpc) is 3.50. The van der Waals surface area contributed by atoms with E-state index in [1.54, 1.807) is 16.2 Å². The van der Waals surface area contributed by atoms with Crippen LogP contribution in [0.3, 0.4) is 0 Å². The Morgan fingerprint density at radius 3 is 2.71 bits per heavy atom. The molecule has 2 aromatic carbocycles. The first kappa shape index (κ1) is 22.6. The molecule has 0 unspecified atom stereocenters. The highest BCUT2D eigenvalue weighted by Gasteiger charge is 2.25. The summed E-state index contributed by atoms with van der Waals surface area (Å²) in [5.74, 6) is 0.613. The van der Waals surface area contributed by atoms with Gasteiger partial charge in [0.25, 0.3) is 0 Å². The lowest BCUT2D eigenvalue weighted by molar-refractivity contribution is -0.133. The molecular weight excluding hydrogens is 466 g/mol. The van der Waals surface area contributed by atoms with Crippen LogP contribution in [0.2, 0.25) is 0 Å². The van der Waals surface area contributed by atoms with Crippen LogP contribution < -0.4 is 9.64 Å². The number of anilines is 2. The zero-order valence-electron chi connectivity index (χ0n) is 18.9. The van der Waals surface area contributed by atoms with Crippen molar-refractivity contribution in [3.05, 3.63) is 70.4 Å². The Morgan fingerprint density at radius 1 is 1.09 bits per heavy atom. The minimum absolute atomic E-state index is 0.0149.